The molecular weight excluding hydrogens is 284 g/mol. The van der Waals surface area contributed by atoms with Crippen LogP contribution in [0.1, 0.15) is 12.5 Å². The lowest BCUT2D eigenvalue weighted by Gasteiger charge is -2.07. The van der Waals surface area contributed by atoms with Crippen LogP contribution in [-0.4, -0.2) is 5.16 Å². The summed E-state index contributed by atoms with van der Waals surface area (Å²) in [6, 6.07) is 15.6. The van der Waals surface area contributed by atoms with Gasteiger partial charge in [0.1, 0.15) is 5.69 Å². The van der Waals surface area contributed by atoms with E-state index in [0.29, 0.717) is 10.9 Å². The summed E-state index contributed by atoms with van der Waals surface area (Å²) < 4.78 is 5.23. The highest BCUT2D eigenvalue weighted by Crippen LogP contribution is 2.37. The van der Waals surface area contributed by atoms with Crippen molar-refractivity contribution >= 4 is 17.5 Å². The first-order valence-corrected chi connectivity index (χ1v) is 7.18. The van der Waals surface area contributed by atoms with Crippen molar-refractivity contribution in [3.8, 4) is 22.4 Å². The molecule has 0 fully saturated rings. The molecule has 0 amide bonds. The van der Waals surface area contributed by atoms with Gasteiger partial charge in [-0.3, -0.25) is 0 Å². The predicted molar refractivity (Wildman–Crippen MR) is 86.2 cm³/mol. The molecule has 106 valence electrons. The minimum atomic E-state index is 0.318. The molecule has 0 aliphatic carbocycles. The summed E-state index contributed by atoms with van der Waals surface area (Å²) in [5.74, 6) is 0.318. The number of hydrogen-bond acceptors (Lipinski definition) is 3. The zero-order chi connectivity index (χ0) is 14.8. The summed E-state index contributed by atoms with van der Waals surface area (Å²) in [6.07, 6.45) is 0.920. The Kier molecular flexibility index (Phi) is 3.67. The van der Waals surface area contributed by atoms with Gasteiger partial charge in [-0.05, 0) is 29.7 Å². The molecule has 0 spiro atoms. The van der Waals surface area contributed by atoms with Crippen LogP contribution in [0.4, 0.5) is 5.88 Å². The average molecular weight is 299 g/mol. The molecule has 1 aromatic heterocycles. The molecule has 2 aromatic carbocycles. The molecule has 0 radical (unpaired) electrons. The molecular formula is C17H15ClN2O. The zero-order valence-corrected chi connectivity index (χ0v) is 12.4. The summed E-state index contributed by atoms with van der Waals surface area (Å²) in [5.41, 5.74) is 10.8. The molecule has 0 bridgehead atoms. The first-order chi connectivity index (χ1) is 10.2. The average Bonchev–Trinajstić information content (AvgIpc) is 2.90. The van der Waals surface area contributed by atoms with Crippen LogP contribution >= 0.6 is 11.6 Å². The van der Waals surface area contributed by atoms with Crippen LogP contribution in [0.25, 0.3) is 22.4 Å². The third-order valence-corrected chi connectivity index (χ3v) is 3.76. The van der Waals surface area contributed by atoms with Crippen molar-refractivity contribution in [1.82, 2.24) is 5.16 Å². The maximum Gasteiger partial charge on any atom is 0.230 e. The smallest absolute Gasteiger partial charge is 0.230 e. The Morgan fingerprint density at radius 1 is 1.10 bits per heavy atom. The molecule has 0 aliphatic rings. The number of benzene rings is 2. The van der Waals surface area contributed by atoms with Crippen LogP contribution < -0.4 is 5.73 Å². The molecule has 0 saturated carbocycles. The van der Waals surface area contributed by atoms with Crippen molar-refractivity contribution in [2.24, 2.45) is 0 Å². The van der Waals surface area contributed by atoms with Crippen LogP contribution in [0.15, 0.2) is 53.1 Å². The molecule has 21 heavy (non-hydrogen) atoms. The molecule has 1 heterocycles. The van der Waals surface area contributed by atoms with E-state index in [4.69, 9.17) is 21.9 Å². The third-order valence-electron chi connectivity index (χ3n) is 3.50. The second-order valence-corrected chi connectivity index (χ2v) is 5.22. The number of nitrogens with zero attached hydrogens (tertiary/aromatic N) is 1. The number of nitrogens with two attached hydrogens (primary N) is 1. The maximum absolute atomic E-state index is 5.98. The van der Waals surface area contributed by atoms with E-state index in [1.165, 1.54) is 5.56 Å². The molecule has 2 N–H and O–H groups in total. The monoisotopic (exact) mass is 298 g/mol. The first-order valence-electron chi connectivity index (χ1n) is 6.80. The van der Waals surface area contributed by atoms with E-state index in [1.807, 2.05) is 42.5 Å². The van der Waals surface area contributed by atoms with E-state index >= 15 is 0 Å². The van der Waals surface area contributed by atoms with Crippen LogP contribution in [0.3, 0.4) is 0 Å². The Balaban J connectivity index is 2.19. The van der Waals surface area contributed by atoms with E-state index in [9.17, 15) is 0 Å². The fraction of sp³-hybridized carbons (Fsp3) is 0.118. The largest absolute Gasteiger partial charge is 0.367 e. The van der Waals surface area contributed by atoms with E-state index in [2.05, 4.69) is 18.1 Å². The minimum absolute atomic E-state index is 0.318. The lowest BCUT2D eigenvalue weighted by atomic mass is 9.96. The van der Waals surface area contributed by atoms with Gasteiger partial charge in [0, 0.05) is 10.6 Å². The molecule has 0 saturated heterocycles. The Labute approximate surface area is 128 Å². The number of hydrogen-bond donors (Lipinski definition) is 1. The van der Waals surface area contributed by atoms with Gasteiger partial charge in [-0.25, -0.2) is 0 Å². The molecule has 0 aliphatic heterocycles. The number of nitrogen functional groups attached to an aromatic ring is 1. The van der Waals surface area contributed by atoms with Crippen LogP contribution in [0.5, 0.6) is 0 Å². The van der Waals surface area contributed by atoms with Crippen molar-refractivity contribution in [3.63, 3.8) is 0 Å². The first kappa shape index (κ1) is 13.7. The van der Waals surface area contributed by atoms with Gasteiger partial charge in [0.25, 0.3) is 0 Å². The Hall–Kier alpha value is -2.26. The molecule has 0 atom stereocenters. The van der Waals surface area contributed by atoms with Crippen LogP contribution in [0.2, 0.25) is 5.02 Å². The summed E-state index contributed by atoms with van der Waals surface area (Å²) in [5, 5.41) is 4.84. The van der Waals surface area contributed by atoms with Crippen molar-refractivity contribution < 1.29 is 4.52 Å². The van der Waals surface area contributed by atoms with Gasteiger partial charge in [-0.2, -0.15) is 0 Å². The second-order valence-electron chi connectivity index (χ2n) is 4.79. The van der Waals surface area contributed by atoms with Crippen molar-refractivity contribution in [2.75, 3.05) is 5.73 Å². The minimum Gasteiger partial charge on any atom is -0.367 e. The highest BCUT2D eigenvalue weighted by molar-refractivity contribution is 6.30. The lowest BCUT2D eigenvalue weighted by Crippen LogP contribution is -1.91. The van der Waals surface area contributed by atoms with E-state index in [1.54, 1.807) is 0 Å². The summed E-state index contributed by atoms with van der Waals surface area (Å²) in [6.45, 7) is 2.12. The van der Waals surface area contributed by atoms with Gasteiger partial charge in [-0.1, -0.05) is 60.1 Å². The van der Waals surface area contributed by atoms with Gasteiger partial charge in [0.15, 0.2) is 0 Å². The van der Waals surface area contributed by atoms with Gasteiger partial charge in [-0.15, -0.1) is 0 Å². The van der Waals surface area contributed by atoms with E-state index in [-0.39, 0.29) is 0 Å². The zero-order valence-electron chi connectivity index (χ0n) is 11.6. The fourth-order valence-corrected chi connectivity index (χ4v) is 2.57. The van der Waals surface area contributed by atoms with E-state index in [0.717, 1.165) is 28.8 Å². The highest BCUT2D eigenvalue weighted by Gasteiger charge is 2.18. The van der Waals surface area contributed by atoms with Gasteiger partial charge in [0.05, 0.1) is 5.56 Å². The maximum atomic E-state index is 5.98. The molecule has 4 heteroatoms. The molecule has 3 nitrogen and oxygen atoms in total. The normalized spacial score (nSPS) is 10.8. The predicted octanol–water partition coefficient (Wildman–Crippen LogP) is 4.81. The summed E-state index contributed by atoms with van der Waals surface area (Å²) in [7, 11) is 0. The summed E-state index contributed by atoms with van der Waals surface area (Å²) in [4.78, 5) is 0. The Bertz CT molecular complexity index is 763. The Morgan fingerprint density at radius 3 is 2.52 bits per heavy atom. The Morgan fingerprint density at radius 2 is 1.81 bits per heavy atom. The van der Waals surface area contributed by atoms with Crippen LogP contribution in [0, 0.1) is 0 Å². The summed E-state index contributed by atoms with van der Waals surface area (Å²) >= 11 is 5.95. The van der Waals surface area contributed by atoms with Gasteiger partial charge < -0.3 is 10.3 Å². The number of rotatable bonds is 3. The third kappa shape index (κ3) is 2.52. The molecule has 0 unspecified atom stereocenters. The molecule has 3 aromatic rings. The SMILES string of the molecule is CCc1ccccc1-c1noc(N)c1-c1ccc(Cl)cc1. The number of aromatic nitrogens is 1. The standard InChI is InChI=1S/C17H15ClN2O/c1-2-11-5-3-4-6-14(11)16-15(17(19)21-20-16)12-7-9-13(18)10-8-12/h3-10H,2,19H2,1H3. The number of aryl methyl sites for hydroxylation is 1. The van der Waals surface area contributed by atoms with Gasteiger partial charge >= 0.3 is 0 Å². The van der Waals surface area contributed by atoms with Crippen molar-refractivity contribution in [2.45, 2.75) is 13.3 Å². The topological polar surface area (TPSA) is 52.0 Å². The molecule has 3 rings (SSSR count). The fourth-order valence-electron chi connectivity index (χ4n) is 2.44. The lowest BCUT2D eigenvalue weighted by molar-refractivity contribution is 0.439. The van der Waals surface area contributed by atoms with E-state index < -0.39 is 0 Å². The van der Waals surface area contributed by atoms with Gasteiger partial charge in [0.2, 0.25) is 5.88 Å². The number of halogens is 1. The van der Waals surface area contributed by atoms with Crippen molar-refractivity contribution in [1.29, 1.82) is 0 Å². The number of anilines is 1. The second kappa shape index (κ2) is 5.62. The highest BCUT2D eigenvalue weighted by atomic mass is 35.5. The van der Waals surface area contributed by atoms with Crippen LogP contribution in [-0.2, 0) is 6.42 Å². The van der Waals surface area contributed by atoms with Crippen molar-refractivity contribution in [3.05, 3.63) is 59.1 Å². The quantitative estimate of drug-likeness (QED) is 0.755.